The highest BCUT2D eigenvalue weighted by atomic mass is 16.3. The maximum Gasteiger partial charge on any atom is 0.155 e. The molecule has 132 valence electrons. The van der Waals surface area contributed by atoms with Crippen molar-refractivity contribution in [2.45, 2.75) is 18.8 Å². The number of nitrogens with one attached hydrogen (secondary N) is 1. The largest absolute Gasteiger partial charge is 0.507 e. The Kier molecular flexibility index (Phi) is 4.45. The highest BCUT2D eigenvalue weighted by Gasteiger charge is 2.18. The molecule has 7 nitrogen and oxygen atoms in total. The van der Waals surface area contributed by atoms with E-state index in [9.17, 15) is 5.11 Å². The first-order chi connectivity index (χ1) is 12.7. The third-order valence-corrected chi connectivity index (χ3v) is 4.72. The molecular formula is C19H20N6O. The third kappa shape index (κ3) is 3.21. The molecule has 1 aliphatic heterocycles. The molecule has 7 heteroatoms. The van der Waals surface area contributed by atoms with Crippen molar-refractivity contribution < 1.29 is 5.11 Å². The molecule has 0 unspecified atom stereocenters. The molecule has 1 saturated heterocycles. The van der Waals surface area contributed by atoms with Gasteiger partial charge in [-0.2, -0.15) is 0 Å². The molecule has 3 heterocycles. The van der Waals surface area contributed by atoms with Gasteiger partial charge in [0.1, 0.15) is 12.1 Å². The van der Waals surface area contributed by atoms with Gasteiger partial charge in [0.2, 0.25) is 0 Å². The van der Waals surface area contributed by atoms with Gasteiger partial charge in [0.05, 0.1) is 11.4 Å². The Morgan fingerprint density at radius 2 is 1.77 bits per heavy atom. The predicted molar refractivity (Wildman–Crippen MR) is 99.4 cm³/mol. The van der Waals surface area contributed by atoms with Crippen molar-refractivity contribution in [1.29, 1.82) is 0 Å². The minimum absolute atomic E-state index is 0.149. The molecular weight excluding hydrogens is 328 g/mol. The van der Waals surface area contributed by atoms with Crippen LogP contribution in [0.15, 0.2) is 42.7 Å². The van der Waals surface area contributed by atoms with Crippen LogP contribution in [0.2, 0.25) is 0 Å². The second-order valence-electron chi connectivity index (χ2n) is 6.40. The van der Waals surface area contributed by atoms with Crippen LogP contribution in [0.5, 0.6) is 5.75 Å². The van der Waals surface area contributed by atoms with Crippen LogP contribution in [-0.4, -0.2) is 38.4 Å². The number of nitrogens with two attached hydrogens (primary N) is 1. The van der Waals surface area contributed by atoms with Crippen LogP contribution in [-0.2, 0) is 0 Å². The third-order valence-electron chi connectivity index (χ3n) is 4.72. The van der Waals surface area contributed by atoms with Crippen molar-refractivity contribution in [2.75, 3.05) is 18.8 Å². The molecule has 2 aromatic heterocycles. The van der Waals surface area contributed by atoms with Gasteiger partial charge in [0.15, 0.2) is 5.82 Å². The molecule has 0 spiro atoms. The highest BCUT2D eigenvalue weighted by molar-refractivity contribution is 5.77. The Labute approximate surface area is 151 Å². The quantitative estimate of drug-likeness (QED) is 0.666. The van der Waals surface area contributed by atoms with Crippen molar-refractivity contribution in [3.05, 3.63) is 48.4 Å². The number of hydrogen-bond donors (Lipinski definition) is 3. The molecule has 26 heavy (non-hydrogen) atoms. The number of nitrogens with zero attached hydrogens (tertiary/aromatic N) is 4. The summed E-state index contributed by atoms with van der Waals surface area (Å²) in [5.41, 5.74) is 9.65. The Morgan fingerprint density at radius 1 is 0.962 bits per heavy atom. The second kappa shape index (κ2) is 7.05. The van der Waals surface area contributed by atoms with Crippen LogP contribution < -0.4 is 11.1 Å². The fraction of sp³-hybridized carbons (Fsp3) is 0.263. The van der Waals surface area contributed by atoms with E-state index in [2.05, 4.69) is 25.5 Å². The zero-order valence-electron chi connectivity index (χ0n) is 14.3. The monoisotopic (exact) mass is 348 g/mol. The Morgan fingerprint density at radius 3 is 2.58 bits per heavy atom. The summed E-state index contributed by atoms with van der Waals surface area (Å²) < 4.78 is 0. The van der Waals surface area contributed by atoms with Crippen molar-refractivity contribution in [2.24, 2.45) is 0 Å². The fourth-order valence-electron chi connectivity index (χ4n) is 3.29. The van der Waals surface area contributed by atoms with Gasteiger partial charge in [-0.25, -0.2) is 9.97 Å². The molecule has 4 rings (SSSR count). The van der Waals surface area contributed by atoms with E-state index in [0.29, 0.717) is 28.6 Å². The number of phenols is 1. The first-order valence-corrected chi connectivity index (χ1v) is 8.67. The smallest absolute Gasteiger partial charge is 0.155 e. The molecule has 0 bridgehead atoms. The summed E-state index contributed by atoms with van der Waals surface area (Å²) in [6, 6.07) is 10.8. The van der Waals surface area contributed by atoms with Gasteiger partial charge >= 0.3 is 0 Å². The summed E-state index contributed by atoms with van der Waals surface area (Å²) in [6.07, 6.45) is 3.69. The average Bonchev–Trinajstić information content (AvgIpc) is 2.70. The molecule has 0 saturated carbocycles. The average molecular weight is 348 g/mol. The number of aromatic hydroxyl groups is 1. The Hall–Kier alpha value is -3.06. The molecule has 1 fully saturated rings. The Balaban J connectivity index is 1.74. The zero-order chi connectivity index (χ0) is 17.9. The van der Waals surface area contributed by atoms with E-state index in [-0.39, 0.29) is 5.75 Å². The molecule has 0 atom stereocenters. The number of aromatic nitrogens is 4. The number of benzene rings is 1. The van der Waals surface area contributed by atoms with Gasteiger partial charge < -0.3 is 16.2 Å². The summed E-state index contributed by atoms with van der Waals surface area (Å²) >= 11 is 0. The molecule has 4 N–H and O–H groups in total. The number of piperidine rings is 1. The lowest BCUT2D eigenvalue weighted by Crippen LogP contribution is -2.27. The molecule has 1 aliphatic rings. The Bertz CT molecular complexity index is 923. The fourth-order valence-corrected chi connectivity index (χ4v) is 3.29. The normalized spacial score (nSPS) is 15.1. The van der Waals surface area contributed by atoms with Crippen molar-refractivity contribution in [3.8, 4) is 28.3 Å². The lowest BCUT2D eigenvalue weighted by molar-refractivity contribution is 0.453. The highest BCUT2D eigenvalue weighted by Crippen LogP contribution is 2.32. The number of anilines is 1. The van der Waals surface area contributed by atoms with Crippen LogP contribution in [0, 0.1) is 0 Å². The molecule has 3 aromatic rings. The number of rotatable bonds is 3. The zero-order valence-corrected chi connectivity index (χ0v) is 14.3. The van der Waals surface area contributed by atoms with E-state index >= 15 is 0 Å². The minimum atomic E-state index is 0.149. The van der Waals surface area contributed by atoms with Gasteiger partial charge in [-0.3, -0.25) is 0 Å². The predicted octanol–water partition coefficient (Wildman–Crippen LogP) is 2.36. The van der Waals surface area contributed by atoms with Crippen LogP contribution in [0.4, 0.5) is 5.82 Å². The van der Waals surface area contributed by atoms with Crippen molar-refractivity contribution >= 4 is 5.82 Å². The minimum Gasteiger partial charge on any atom is -0.507 e. The standard InChI is InChI=1S/C19H20N6O/c20-19-14(9-17(24-25-19)13-3-1-2-4-18(13)26)16-10-15(22-11-23-16)12-5-7-21-8-6-12/h1-4,9-12,21,26H,5-8H2,(H2,20,25). The summed E-state index contributed by atoms with van der Waals surface area (Å²) in [6.45, 7) is 2.00. The van der Waals surface area contributed by atoms with Gasteiger partial charge in [0, 0.05) is 22.7 Å². The number of para-hydroxylation sites is 1. The van der Waals surface area contributed by atoms with E-state index in [1.807, 2.05) is 18.2 Å². The first kappa shape index (κ1) is 16.4. The van der Waals surface area contributed by atoms with Crippen LogP contribution in [0.25, 0.3) is 22.5 Å². The summed E-state index contributed by atoms with van der Waals surface area (Å²) in [4.78, 5) is 8.84. The van der Waals surface area contributed by atoms with Gasteiger partial charge in [-0.15, -0.1) is 10.2 Å². The molecule has 1 aromatic carbocycles. The van der Waals surface area contributed by atoms with Gasteiger partial charge in [-0.05, 0) is 50.2 Å². The van der Waals surface area contributed by atoms with Crippen LogP contribution in [0.3, 0.4) is 0 Å². The maximum absolute atomic E-state index is 10.1. The number of hydrogen-bond acceptors (Lipinski definition) is 7. The van der Waals surface area contributed by atoms with Gasteiger partial charge in [-0.1, -0.05) is 12.1 Å². The lowest BCUT2D eigenvalue weighted by atomic mass is 9.93. The molecule has 0 radical (unpaired) electrons. The second-order valence-corrected chi connectivity index (χ2v) is 6.40. The van der Waals surface area contributed by atoms with Gasteiger partial charge in [0.25, 0.3) is 0 Å². The maximum atomic E-state index is 10.1. The van der Waals surface area contributed by atoms with Crippen LogP contribution >= 0.6 is 0 Å². The van der Waals surface area contributed by atoms with E-state index < -0.39 is 0 Å². The van der Waals surface area contributed by atoms with E-state index in [4.69, 9.17) is 5.73 Å². The van der Waals surface area contributed by atoms with Crippen LogP contribution in [0.1, 0.15) is 24.5 Å². The SMILES string of the molecule is Nc1nnc(-c2ccccc2O)cc1-c1cc(C2CCNCC2)ncn1. The summed E-state index contributed by atoms with van der Waals surface area (Å²) in [5, 5.41) is 21.6. The van der Waals surface area contributed by atoms with E-state index in [1.165, 1.54) is 0 Å². The lowest BCUT2D eigenvalue weighted by Gasteiger charge is -2.22. The summed E-state index contributed by atoms with van der Waals surface area (Å²) in [5.74, 6) is 0.876. The first-order valence-electron chi connectivity index (χ1n) is 8.67. The van der Waals surface area contributed by atoms with E-state index in [0.717, 1.165) is 37.3 Å². The van der Waals surface area contributed by atoms with Crippen molar-refractivity contribution in [1.82, 2.24) is 25.5 Å². The van der Waals surface area contributed by atoms with E-state index in [1.54, 1.807) is 24.5 Å². The molecule has 0 amide bonds. The molecule has 0 aliphatic carbocycles. The topological polar surface area (TPSA) is 110 Å². The number of nitrogen functional groups attached to an aromatic ring is 1. The summed E-state index contributed by atoms with van der Waals surface area (Å²) in [7, 11) is 0. The van der Waals surface area contributed by atoms with Crippen molar-refractivity contribution in [3.63, 3.8) is 0 Å². The number of phenolic OH excluding ortho intramolecular Hbond substituents is 1.